The van der Waals surface area contributed by atoms with Crippen molar-refractivity contribution in [3.63, 3.8) is 0 Å². The Hall–Kier alpha value is -2.40. The lowest BCUT2D eigenvalue weighted by atomic mass is 9.99. The van der Waals surface area contributed by atoms with E-state index in [1.807, 2.05) is 23.7 Å². The highest BCUT2D eigenvalue weighted by atomic mass is 35.5. The number of carbonyl (C=O) groups excluding carboxylic acids is 1. The number of fused-ring (bicyclic) bond motifs is 1. The van der Waals surface area contributed by atoms with Crippen molar-refractivity contribution in [1.29, 1.82) is 0 Å². The molecule has 1 aliphatic rings. The van der Waals surface area contributed by atoms with Gasteiger partial charge in [0.15, 0.2) is 16.3 Å². The van der Waals surface area contributed by atoms with Crippen LogP contribution in [-0.4, -0.2) is 50.5 Å². The quantitative estimate of drug-likeness (QED) is 0.525. The zero-order chi connectivity index (χ0) is 23.8. The van der Waals surface area contributed by atoms with Gasteiger partial charge in [-0.15, -0.1) is 0 Å². The number of amides is 1. The lowest BCUT2D eigenvalue weighted by Crippen LogP contribution is -2.42. The van der Waals surface area contributed by atoms with Crippen LogP contribution < -0.4 is 14.3 Å². The van der Waals surface area contributed by atoms with Crippen molar-refractivity contribution in [1.82, 2.24) is 8.87 Å². The van der Waals surface area contributed by atoms with Crippen molar-refractivity contribution in [3.05, 3.63) is 46.2 Å². The fourth-order valence-electron chi connectivity index (χ4n) is 3.86. The first-order valence-electron chi connectivity index (χ1n) is 10.3. The van der Waals surface area contributed by atoms with Crippen LogP contribution in [0.5, 0.6) is 11.5 Å². The van der Waals surface area contributed by atoms with Crippen LogP contribution in [0.25, 0.3) is 10.2 Å². The second-order valence-electron chi connectivity index (χ2n) is 7.72. The maximum absolute atomic E-state index is 13.0. The van der Waals surface area contributed by atoms with E-state index in [-0.39, 0.29) is 17.3 Å². The predicted octanol–water partition coefficient (Wildman–Crippen LogP) is 3.44. The maximum atomic E-state index is 13.0. The standard InChI is InChI=1S/C22H24ClN3O5S2/c1-25-17-11-18(30-2)19(31-3)12-20(17)32-22(25)24-21(27)14-5-4-10-26(13-14)33(28,29)16-8-6-15(23)7-9-16/h6-9,11-12,14H,4-5,10,13H2,1-3H3. The summed E-state index contributed by atoms with van der Waals surface area (Å²) in [5.74, 6) is 0.355. The van der Waals surface area contributed by atoms with E-state index < -0.39 is 15.9 Å². The van der Waals surface area contributed by atoms with Gasteiger partial charge in [0.2, 0.25) is 10.0 Å². The molecule has 3 aromatic rings. The topological polar surface area (TPSA) is 90.2 Å². The Morgan fingerprint density at radius 2 is 1.82 bits per heavy atom. The minimum Gasteiger partial charge on any atom is -0.493 e. The van der Waals surface area contributed by atoms with Gasteiger partial charge in [-0.25, -0.2) is 8.42 Å². The minimum atomic E-state index is -3.71. The van der Waals surface area contributed by atoms with Crippen LogP contribution in [0.15, 0.2) is 46.3 Å². The molecule has 2 heterocycles. The summed E-state index contributed by atoms with van der Waals surface area (Å²) in [6, 6.07) is 9.74. The Morgan fingerprint density at radius 1 is 1.15 bits per heavy atom. The summed E-state index contributed by atoms with van der Waals surface area (Å²) in [7, 11) is 1.25. The van der Waals surface area contributed by atoms with Crippen molar-refractivity contribution < 1.29 is 22.7 Å². The first kappa shape index (κ1) is 23.7. The van der Waals surface area contributed by atoms with Gasteiger partial charge in [-0.3, -0.25) is 4.79 Å². The zero-order valence-electron chi connectivity index (χ0n) is 18.4. The van der Waals surface area contributed by atoms with Gasteiger partial charge in [0.25, 0.3) is 5.91 Å². The van der Waals surface area contributed by atoms with Crippen LogP contribution in [-0.2, 0) is 21.9 Å². The second-order valence-corrected chi connectivity index (χ2v) is 11.1. The van der Waals surface area contributed by atoms with E-state index in [9.17, 15) is 13.2 Å². The van der Waals surface area contributed by atoms with Gasteiger partial charge in [-0.2, -0.15) is 9.30 Å². The summed E-state index contributed by atoms with van der Waals surface area (Å²) in [6.45, 7) is 0.467. The van der Waals surface area contributed by atoms with Crippen LogP contribution in [0.2, 0.25) is 5.02 Å². The number of piperidine rings is 1. The third kappa shape index (κ3) is 4.65. The Bertz CT molecular complexity index is 1360. The molecule has 1 atom stereocenters. The number of aryl methyl sites for hydroxylation is 1. The van der Waals surface area contributed by atoms with Gasteiger partial charge in [0.1, 0.15) is 0 Å². The number of benzene rings is 2. The summed E-state index contributed by atoms with van der Waals surface area (Å²) in [5, 5.41) is 0.464. The highest BCUT2D eigenvalue weighted by molar-refractivity contribution is 7.89. The summed E-state index contributed by atoms with van der Waals surface area (Å²) in [6.07, 6.45) is 1.18. The fraction of sp³-hybridized carbons (Fsp3) is 0.364. The third-order valence-electron chi connectivity index (χ3n) is 5.71. The average Bonchev–Trinajstić information content (AvgIpc) is 3.12. The van der Waals surface area contributed by atoms with E-state index in [2.05, 4.69) is 4.99 Å². The molecule has 33 heavy (non-hydrogen) atoms. The smallest absolute Gasteiger partial charge is 0.252 e. The molecular weight excluding hydrogens is 486 g/mol. The highest BCUT2D eigenvalue weighted by Gasteiger charge is 2.33. The normalized spacial score (nSPS) is 17.9. The summed E-state index contributed by atoms with van der Waals surface area (Å²) in [5.41, 5.74) is 0.861. The van der Waals surface area contributed by atoms with Crippen molar-refractivity contribution in [2.75, 3.05) is 27.3 Å². The van der Waals surface area contributed by atoms with E-state index in [0.29, 0.717) is 40.7 Å². The molecule has 0 N–H and O–H groups in total. The number of hydrogen-bond acceptors (Lipinski definition) is 6. The largest absolute Gasteiger partial charge is 0.493 e. The molecule has 0 radical (unpaired) electrons. The zero-order valence-corrected chi connectivity index (χ0v) is 20.8. The predicted molar refractivity (Wildman–Crippen MR) is 127 cm³/mol. The summed E-state index contributed by atoms with van der Waals surface area (Å²) in [4.78, 5) is 18.1. The number of halogens is 1. The molecule has 0 spiro atoms. The number of thiazole rings is 1. The molecule has 0 aliphatic carbocycles. The van der Waals surface area contributed by atoms with Gasteiger partial charge in [-0.05, 0) is 37.1 Å². The Morgan fingerprint density at radius 3 is 2.48 bits per heavy atom. The number of carbonyl (C=O) groups is 1. The van der Waals surface area contributed by atoms with Gasteiger partial charge in [0, 0.05) is 37.3 Å². The molecule has 0 saturated carbocycles. The Labute approximate surface area is 201 Å². The van der Waals surface area contributed by atoms with Crippen LogP contribution in [0.3, 0.4) is 0 Å². The molecule has 8 nitrogen and oxygen atoms in total. The minimum absolute atomic E-state index is 0.101. The monoisotopic (exact) mass is 509 g/mol. The number of hydrogen-bond donors (Lipinski definition) is 0. The van der Waals surface area contributed by atoms with E-state index in [1.54, 1.807) is 26.4 Å². The van der Waals surface area contributed by atoms with E-state index in [0.717, 1.165) is 10.2 Å². The molecular formula is C22H24ClN3O5S2. The summed E-state index contributed by atoms with van der Waals surface area (Å²) >= 11 is 7.25. The molecule has 1 unspecified atom stereocenters. The molecule has 1 aromatic heterocycles. The van der Waals surface area contributed by atoms with Gasteiger partial charge in [-0.1, -0.05) is 22.9 Å². The third-order valence-corrected chi connectivity index (χ3v) is 8.93. The van der Waals surface area contributed by atoms with Crippen molar-refractivity contribution >= 4 is 49.1 Å². The Kier molecular flexibility index (Phi) is 6.81. The first-order valence-corrected chi connectivity index (χ1v) is 12.9. The molecule has 1 aliphatic heterocycles. The van der Waals surface area contributed by atoms with E-state index in [4.69, 9.17) is 21.1 Å². The number of nitrogens with zero attached hydrogens (tertiary/aromatic N) is 3. The van der Waals surface area contributed by atoms with Crippen molar-refractivity contribution in [3.8, 4) is 11.5 Å². The van der Waals surface area contributed by atoms with E-state index in [1.165, 1.54) is 27.8 Å². The van der Waals surface area contributed by atoms with Crippen molar-refractivity contribution in [2.45, 2.75) is 17.7 Å². The second kappa shape index (κ2) is 9.46. The van der Waals surface area contributed by atoms with Gasteiger partial charge in [0.05, 0.1) is 35.2 Å². The summed E-state index contributed by atoms with van der Waals surface area (Å²) < 4.78 is 40.9. The Balaban J connectivity index is 1.61. The molecule has 1 amide bonds. The molecule has 1 fully saturated rings. The van der Waals surface area contributed by atoms with Crippen molar-refractivity contribution in [2.24, 2.45) is 18.0 Å². The highest BCUT2D eigenvalue weighted by Crippen LogP contribution is 2.33. The van der Waals surface area contributed by atoms with Gasteiger partial charge >= 0.3 is 0 Å². The fourth-order valence-corrected chi connectivity index (χ4v) is 6.55. The van der Waals surface area contributed by atoms with Crippen LogP contribution in [0, 0.1) is 5.92 Å². The molecule has 0 bridgehead atoms. The first-order chi connectivity index (χ1) is 15.7. The lowest BCUT2D eigenvalue weighted by Gasteiger charge is -2.30. The molecule has 1 saturated heterocycles. The van der Waals surface area contributed by atoms with Crippen LogP contribution in [0.1, 0.15) is 12.8 Å². The van der Waals surface area contributed by atoms with E-state index >= 15 is 0 Å². The molecule has 11 heteroatoms. The maximum Gasteiger partial charge on any atom is 0.252 e. The number of aromatic nitrogens is 1. The number of sulfonamides is 1. The molecule has 4 rings (SSSR count). The number of methoxy groups -OCH3 is 2. The number of rotatable bonds is 5. The van der Waals surface area contributed by atoms with Crippen LogP contribution >= 0.6 is 22.9 Å². The molecule has 2 aromatic carbocycles. The average molecular weight is 510 g/mol. The number of ether oxygens (including phenoxy) is 2. The lowest BCUT2D eigenvalue weighted by molar-refractivity contribution is -0.122. The van der Waals surface area contributed by atoms with Crippen LogP contribution in [0.4, 0.5) is 0 Å². The SMILES string of the molecule is COc1cc2sc(=NC(=O)C3CCCN(S(=O)(=O)c4ccc(Cl)cc4)C3)n(C)c2cc1OC. The molecule has 176 valence electrons. The van der Waals surface area contributed by atoms with Gasteiger partial charge < -0.3 is 14.0 Å².